The monoisotopic (exact) mass is 270 g/mol. The molecule has 19 heavy (non-hydrogen) atoms. The molecule has 1 heterocycles. The van der Waals surface area contributed by atoms with Crippen LogP contribution < -0.4 is 5.32 Å². The van der Waals surface area contributed by atoms with Crippen LogP contribution in [0.3, 0.4) is 0 Å². The minimum atomic E-state index is -0.125. The summed E-state index contributed by atoms with van der Waals surface area (Å²) in [6.07, 6.45) is 1.09. The van der Waals surface area contributed by atoms with E-state index in [1.54, 1.807) is 0 Å². The third kappa shape index (κ3) is 4.77. The molecule has 1 aliphatic heterocycles. The highest BCUT2D eigenvalue weighted by Gasteiger charge is 2.38. The maximum Gasteiger partial charge on any atom is 0.323 e. The van der Waals surface area contributed by atoms with Crippen LogP contribution in [0.15, 0.2) is 0 Å². The Bertz CT molecular complexity index is 278. The van der Waals surface area contributed by atoms with Crippen molar-refractivity contribution in [2.24, 2.45) is 11.3 Å². The largest absolute Gasteiger partial charge is 0.465 e. The van der Waals surface area contributed by atoms with Gasteiger partial charge in [0, 0.05) is 19.6 Å². The molecule has 4 heteroatoms. The van der Waals surface area contributed by atoms with Crippen molar-refractivity contribution in [3.8, 4) is 0 Å². The number of hydrogen-bond donors (Lipinski definition) is 1. The number of ether oxygens (including phenoxy) is 1. The number of nitrogens with zero attached hydrogens (tertiary/aromatic N) is 1. The number of carbonyl (C=O) groups is 1. The molecule has 0 saturated carbocycles. The lowest BCUT2D eigenvalue weighted by Gasteiger charge is -2.39. The van der Waals surface area contributed by atoms with E-state index < -0.39 is 0 Å². The van der Waals surface area contributed by atoms with Gasteiger partial charge < -0.3 is 10.1 Å². The number of rotatable bonds is 4. The smallest absolute Gasteiger partial charge is 0.323 e. The van der Waals surface area contributed by atoms with Gasteiger partial charge in [-0.05, 0) is 31.2 Å². The second-order valence-electron chi connectivity index (χ2n) is 6.49. The van der Waals surface area contributed by atoms with Crippen LogP contribution >= 0.6 is 0 Å². The van der Waals surface area contributed by atoms with E-state index in [9.17, 15) is 4.79 Å². The molecule has 0 bridgehead atoms. The molecule has 1 rings (SSSR count). The second kappa shape index (κ2) is 7.25. The normalized spacial score (nSPS) is 21.5. The predicted octanol–water partition coefficient (Wildman–Crippen LogP) is 1.90. The van der Waals surface area contributed by atoms with Crippen LogP contribution in [-0.4, -0.2) is 49.7 Å². The van der Waals surface area contributed by atoms with Crippen LogP contribution in [0.1, 0.15) is 41.0 Å². The molecular formula is C15H30N2O2. The minimum absolute atomic E-state index is 0.0631. The number of nitrogens with one attached hydrogen (secondary N) is 1. The van der Waals surface area contributed by atoms with Gasteiger partial charge in [0.2, 0.25) is 0 Å². The van der Waals surface area contributed by atoms with Crippen molar-refractivity contribution in [1.29, 1.82) is 0 Å². The molecule has 1 aliphatic rings. The van der Waals surface area contributed by atoms with Crippen molar-refractivity contribution in [1.82, 2.24) is 10.2 Å². The van der Waals surface area contributed by atoms with Crippen LogP contribution in [-0.2, 0) is 9.53 Å². The Morgan fingerprint density at radius 1 is 1.32 bits per heavy atom. The molecule has 2 unspecified atom stereocenters. The lowest BCUT2D eigenvalue weighted by atomic mass is 9.77. The molecule has 2 atom stereocenters. The molecule has 0 radical (unpaired) electrons. The topological polar surface area (TPSA) is 41.6 Å². The van der Waals surface area contributed by atoms with E-state index in [0.717, 1.165) is 32.6 Å². The third-order valence-electron chi connectivity index (χ3n) is 4.14. The Balaban J connectivity index is 2.86. The fourth-order valence-corrected chi connectivity index (χ4v) is 2.52. The second-order valence-corrected chi connectivity index (χ2v) is 6.49. The van der Waals surface area contributed by atoms with Gasteiger partial charge in [0.15, 0.2) is 0 Å². The van der Waals surface area contributed by atoms with Gasteiger partial charge in [0.1, 0.15) is 6.04 Å². The van der Waals surface area contributed by atoms with Crippen LogP contribution in [0.4, 0.5) is 0 Å². The maximum absolute atomic E-state index is 12.4. The molecule has 0 aliphatic carbocycles. The Morgan fingerprint density at radius 2 is 2.00 bits per heavy atom. The van der Waals surface area contributed by atoms with Gasteiger partial charge in [-0.2, -0.15) is 0 Å². The Kier molecular flexibility index (Phi) is 6.27. The molecule has 4 nitrogen and oxygen atoms in total. The van der Waals surface area contributed by atoms with Crippen molar-refractivity contribution < 1.29 is 9.53 Å². The molecule has 0 aromatic rings. The molecule has 0 aromatic carbocycles. The minimum Gasteiger partial charge on any atom is -0.465 e. The summed E-state index contributed by atoms with van der Waals surface area (Å²) in [5, 5.41) is 3.39. The summed E-state index contributed by atoms with van der Waals surface area (Å²) in [4.78, 5) is 14.7. The van der Waals surface area contributed by atoms with E-state index in [0.29, 0.717) is 6.61 Å². The number of esters is 1. The van der Waals surface area contributed by atoms with E-state index >= 15 is 0 Å². The molecule has 0 aromatic heterocycles. The number of hydrogen-bond acceptors (Lipinski definition) is 4. The fraction of sp³-hybridized carbons (Fsp3) is 0.933. The van der Waals surface area contributed by atoms with Gasteiger partial charge in [-0.3, -0.25) is 9.69 Å². The average Bonchev–Trinajstić information content (AvgIpc) is 2.57. The molecule has 0 amide bonds. The van der Waals surface area contributed by atoms with Crippen molar-refractivity contribution >= 4 is 5.97 Å². The highest BCUT2D eigenvalue weighted by atomic mass is 16.5. The van der Waals surface area contributed by atoms with Gasteiger partial charge >= 0.3 is 5.97 Å². The average molecular weight is 270 g/mol. The van der Waals surface area contributed by atoms with E-state index in [1.165, 1.54) is 0 Å². The van der Waals surface area contributed by atoms with E-state index in [-0.39, 0.29) is 23.3 Å². The van der Waals surface area contributed by atoms with Crippen molar-refractivity contribution in [2.75, 3.05) is 32.8 Å². The summed E-state index contributed by atoms with van der Waals surface area (Å²) in [5.74, 6) is 0.205. The van der Waals surface area contributed by atoms with Gasteiger partial charge in [-0.1, -0.05) is 27.7 Å². The van der Waals surface area contributed by atoms with Crippen molar-refractivity contribution in [3.63, 3.8) is 0 Å². The summed E-state index contributed by atoms with van der Waals surface area (Å²) < 4.78 is 5.31. The van der Waals surface area contributed by atoms with Gasteiger partial charge in [0.25, 0.3) is 0 Å². The zero-order valence-electron chi connectivity index (χ0n) is 13.2. The van der Waals surface area contributed by atoms with Crippen LogP contribution in [0, 0.1) is 11.3 Å². The summed E-state index contributed by atoms with van der Waals surface area (Å²) in [7, 11) is 0. The molecule has 112 valence electrons. The van der Waals surface area contributed by atoms with E-state index in [1.807, 2.05) is 6.92 Å². The standard InChI is InChI=1S/C15H30N2O2/c1-6-19-14(18)13(12(2)15(3,4)5)17-10-7-8-16-9-11-17/h12-13,16H,6-11H2,1-5H3. The van der Waals surface area contributed by atoms with Crippen molar-refractivity contribution in [3.05, 3.63) is 0 Å². The van der Waals surface area contributed by atoms with E-state index in [4.69, 9.17) is 4.74 Å². The lowest BCUT2D eigenvalue weighted by molar-refractivity contribution is -0.153. The third-order valence-corrected chi connectivity index (χ3v) is 4.14. The predicted molar refractivity (Wildman–Crippen MR) is 78.1 cm³/mol. The quantitative estimate of drug-likeness (QED) is 0.792. The fourth-order valence-electron chi connectivity index (χ4n) is 2.52. The Hall–Kier alpha value is -0.610. The molecule has 1 fully saturated rings. The summed E-state index contributed by atoms with van der Waals surface area (Å²) in [6, 6.07) is -0.125. The van der Waals surface area contributed by atoms with Gasteiger partial charge in [-0.25, -0.2) is 0 Å². The van der Waals surface area contributed by atoms with Crippen LogP contribution in [0.5, 0.6) is 0 Å². The number of carbonyl (C=O) groups excluding carboxylic acids is 1. The summed E-state index contributed by atoms with van der Waals surface area (Å²) >= 11 is 0. The van der Waals surface area contributed by atoms with Crippen LogP contribution in [0.25, 0.3) is 0 Å². The molecule has 0 spiro atoms. The first-order valence-corrected chi connectivity index (χ1v) is 7.49. The van der Waals surface area contributed by atoms with Gasteiger partial charge in [0.05, 0.1) is 6.61 Å². The Labute approximate surface area is 117 Å². The van der Waals surface area contributed by atoms with Crippen LogP contribution in [0.2, 0.25) is 0 Å². The first-order valence-electron chi connectivity index (χ1n) is 7.49. The summed E-state index contributed by atoms with van der Waals surface area (Å²) in [6.45, 7) is 15.0. The molecule has 1 saturated heterocycles. The summed E-state index contributed by atoms with van der Waals surface area (Å²) in [5.41, 5.74) is 0.0944. The highest BCUT2D eigenvalue weighted by molar-refractivity contribution is 5.76. The van der Waals surface area contributed by atoms with Gasteiger partial charge in [-0.15, -0.1) is 0 Å². The first kappa shape index (κ1) is 16.4. The highest BCUT2D eigenvalue weighted by Crippen LogP contribution is 2.31. The van der Waals surface area contributed by atoms with Crippen molar-refractivity contribution in [2.45, 2.75) is 47.1 Å². The Morgan fingerprint density at radius 3 is 2.58 bits per heavy atom. The maximum atomic E-state index is 12.4. The molecule has 1 N–H and O–H groups in total. The zero-order valence-corrected chi connectivity index (χ0v) is 13.2. The van der Waals surface area contributed by atoms with E-state index in [2.05, 4.69) is 37.9 Å². The lowest BCUT2D eigenvalue weighted by Crippen LogP contribution is -2.50. The molecular weight excluding hydrogens is 240 g/mol. The zero-order chi connectivity index (χ0) is 14.5. The SMILES string of the molecule is CCOC(=O)C(C(C)C(C)(C)C)N1CCCNCC1. The first-order chi connectivity index (χ1) is 8.88.